The highest BCUT2D eigenvalue weighted by Crippen LogP contribution is 2.57. The van der Waals surface area contributed by atoms with E-state index in [0.29, 0.717) is 5.92 Å². The topological polar surface area (TPSA) is 21.3 Å². The smallest absolute Gasteiger partial charge is 0.419 e. The highest BCUT2D eigenvalue weighted by atomic mass is 19.4. The van der Waals surface area contributed by atoms with Crippen molar-refractivity contribution in [3.05, 3.63) is 29.3 Å². The van der Waals surface area contributed by atoms with E-state index in [9.17, 15) is 13.2 Å². The summed E-state index contributed by atoms with van der Waals surface area (Å²) in [5.74, 6) is 0.387. The minimum atomic E-state index is -4.37. The van der Waals surface area contributed by atoms with E-state index < -0.39 is 11.7 Å². The quantitative estimate of drug-likeness (QED) is 0.879. The Kier molecular flexibility index (Phi) is 2.39. The standard InChI is InChI=1S/C13H14F3NO/c1-18-11-3-2-8(4-10(11)13(14,15)16)12-5-9(12)6-17-7-12/h2-4,9,17H,5-7H2,1H3/t9-,12+/m0/s1. The molecule has 1 heterocycles. The fraction of sp³-hybridized carbons (Fsp3) is 0.538. The van der Waals surface area contributed by atoms with Crippen LogP contribution in [0.3, 0.4) is 0 Å². The largest absolute Gasteiger partial charge is 0.496 e. The van der Waals surface area contributed by atoms with E-state index in [4.69, 9.17) is 4.74 Å². The minimum absolute atomic E-state index is 0.0632. The van der Waals surface area contributed by atoms with Gasteiger partial charge in [-0.1, -0.05) is 6.07 Å². The molecule has 0 aromatic heterocycles. The van der Waals surface area contributed by atoms with Gasteiger partial charge in [0.05, 0.1) is 12.7 Å². The molecule has 1 aliphatic carbocycles. The van der Waals surface area contributed by atoms with Crippen molar-refractivity contribution in [1.29, 1.82) is 0 Å². The van der Waals surface area contributed by atoms with Gasteiger partial charge in [0.2, 0.25) is 0 Å². The molecule has 1 N–H and O–H groups in total. The van der Waals surface area contributed by atoms with Gasteiger partial charge in [0, 0.05) is 12.0 Å². The molecular weight excluding hydrogens is 243 g/mol. The lowest BCUT2D eigenvalue weighted by Gasteiger charge is -2.17. The molecule has 2 atom stereocenters. The molecule has 1 aromatic carbocycles. The molecule has 1 saturated heterocycles. The third-order valence-electron chi connectivity index (χ3n) is 4.14. The average molecular weight is 257 g/mol. The summed E-state index contributed by atoms with van der Waals surface area (Å²) < 4.78 is 43.6. The summed E-state index contributed by atoms with van der Waals surface area (Å²) in [6, 6.07) is 4.45. The van der Waals surface area contributed by atoms with Crippen LogP contribution in [0.4, 0.5) is 13.2 Å². The van der Waals surface area contributed by atoms with Gasteiger partial charge >= 0.3 is 6.18 Å². The molecule has 0 bridgehead atoms. The van der Waals surface area contributed by atoms with E-state index in [2.05, 4.69) is 5.32 Å². The van der Waals surface area contributed by atoms with Crippen molar-refractivity contribution in [2.24, 2.45) is 5.92 Å². The lowest BCUT2D eigenvalue weighted by molar-refractivity contribution is -0.138. The van der Waals surface area contributed by atoms with E-state index >= 15 is 0 Å². The summed E-state index contributed by atoms with van der Waals surface area (Å²) in [4.78, 5) is 0. The third kappa shape index (κ3) is 1.61. The Morgan fingerprint density at radius 2 is 2.17 bits per heavy atom. The lowest BCUT2D eigenvalue weighted by Crippen LogP contribution is -2.20. The maximum Gasteiger partial charge on any atom is 0.419 e. The Bertz CT molecular complexity index is 486. The number of fused-ring (bicyclic) bond motifs is 1. The molecule has 2 fully saturated rings. The summed E-state index contributed by atoms with van der Waals surface area (Å²) in [5.41, 5.74) is 0.0479. The van der Waals surface area contributed by atoms with Crippen LogP contribution in [0.1, 0.15) is 17.5 Å². The second-order valence-corrected chi connectivity index (χ2v) is 5.10. The third-order valence-corrected chi connectivity index (χ3v) is 4.14. The molecule has 18 heavy (non-hydrogen) atoms. The Morgan fingerprint density at radius 3 is 2.67 bits per heavy atom. The molecule has 2 aliphatic rings. The molecule has 1 saturated carbocycles. The van der Waals surface area contributed by atoms with E-state index in [0.717, 1.165) is 25.1 Å². The number of alkyl halides is 3. The maximum atomic E-state index is 12.9. The average Bonchev–Trinajstić information content (AvgIpc) is 2.90. The van der Waals surface area contributed by atoms with Crippen molar-refractivity contribution in [3.8, 4) is 5.75 Å². The van der Waals surface area contributed by atoms with Crippen molar-refractivity contribution >= 4 is 0 Å². The number of ether oxygens (including phenoxy) is 1. The number of hydrogen-bond donors (Lipinski definition) is 1. The Labute approximate surface area is 103 Å². The molecule has 1 aromatic rings. The second-order valence-electron chi connectivity index (χ2n) is 5.10. The summed E-state index contributed by atoms with van der Waals surface area (Å²) in [6.07, 6.45) is -3.38. The number of halogens is 3. The van der Waals surface area contributed by atoms with Crippen molar-refractivity contribution < 1.29 is 17.9 Å². The molecule has 0 amide bonds. The van der Waals surface area contributed by atoms with Gasteiger partial charge < -0.3 is 10.1 Å². The maximum absolute atomic E-state index is 12.9. The summed E-state index contributed by atoms with van der Waals surface area (Å²) in [5, 5.41) is 3.24. The van der Waals surface area contributed by atoms with Crippen LogP contribution in [0.25, 0.3) is 0 Å². The molecule has 0 unspecified atom stereocenters. The van der Waals surface area contributed by atoms with Crippen molar-refractivity contribution in [2.75, 3.05) is 20.2 Å². The minimum Gasteiger partial charge on any atom is -0.496 e. The Balaban J connectivity index is 2.03. The highest BCUT2D eigenvalue weighted by Gasteiger charge is 2.58. The fourth-order valence-electron chi connectivity index (χ4n) is 3.03. The first-order valence-electron chi connectivity index (χ1n) is 5.94. The molecule has 0 spiro atoms. The number of benzene rings is 1. The van der Waals surface area contributed by atoms with E-state index in [-0.39, 0.29) is 11.2 Å². The van der Waals surface area contributed by atoms with Gasteiger partial charge in [0.15, 0.2) is 0 Å². The zero-order chi connectivity index (χ0) is 13.0. The van der Waals surface area contributed by atoms with Crippen LogP contribution >= 0.6 is 0 Å². The predicted octanol–water partition coefficient (Wildman–Crippen LogP) is 2.57. The van der Waals surface area contributed by atoms with Crippen LogP contribution in [0.15, 0.2) is 18.2 Å². The molecular formula is C13H14F3NO. The molecule has 98 valence electrons. The SMILES string of the molecule is COc1ccc([C@@]23CNC[C@@H]2C3)cc1C(F)(F)F. The first kappa shape index (κ1) is 11.8. The van der Waals surface area contributed by atoms with Crippen molar-refractivity contribution in [3.63, 3.8) is 0 Å². The number of rotatable bonds is 2. The predicted molar refractivity (Wildman–Crippen MR) is 60.7 cm³/mol. The summed E-state index contributed by atoms with van der Waals surface area (Å²) >= 11 is 0. The molecule has 3 rings (SSSR count). The Hall–Kier alpha value is -1.23. The van der Waals surface area contributed by atoms with Gasteiger partial charge in [0.25, 0.3) is 0 Å². The number of methoxy groups -OCH3 is 1. The van der Waals surface area contributed by atoms with Gasteiger partial charge in [-0.25, -0.2) is 0 Å². The zero-order valence-electron chi connectivity index (χ0n) is 9.97. The van der Waals surface area contributed by atoms with E-state index in [1.807, 2.05) is 0 Å². The van der Waals surface area contributed by atoms with Crippen LogP contribution in [0.2, 0.25) is 0 Å². The van der Waals surface area contributed by atoms with Gasteiger partial charge in [-0.15, -0.1) is 0 Å². The monoisotopic (exact) mass is 257 g/mol. The molecule has 5 heteroatoms. The molecule has 2 nitrogen and oxygen atoms in total. The van der Waals surface area contributed by atoms with E-state index in [1.54, 1.807) is 6.07 Å². The Morgan fingerprint density at radius 1 is 1.39 bits per heavy atom. The van der Waals surface area contributed by atoms with Gasteiger partial charge in [-0.3, -0.25) is 0 Å². The van der Waals surface area contributed by atoms with Gasteiger partial charge in [-0.2, -0.15) is 13.2 Å². The second kappa shape index (κ2) is 3.63. The van der Waals surface area contributed by atoms with E-state index in [1.165, 1.54) is 19.2 Å². The van der Waals surface area contributed by atoms with Crippen LogP contribution in [0, 0.1) is 5.92 Å². The summed E-state index contributed by atoms with van der Waals surface area (Å²) in [7, 11) is 1.26. The van der Waals surface area contributed by atoms with Crippen LogP contribution in [-0.2, 0) is 11.6 Å². The lowest BCUT2D eigenvalue weighted by atomic mass is 9.93. The number of hydrogen-bond acceptors (Lipinski definition) is 2. The normalized spacial score (nSPS) is 30.1. The highest BCUT2D eigenvalue weighted by molar-refractivity contribution is 5.46. The molecule has 1 aliphatic heterocycles. The first-order chi connectivity index (χ1) is 8.47. The van der Waals surface area contributed by atoms with Crippen LogP contribution in [0.5, 0.6) is 5.75 Å². The number of nitrogens with one attached hydrogen (secondary N) is 1. The fourth-order valence-corrected chi connectivity index (χ4v) is 3.03. The van der Waals surface area contributed by atoms with Crippen LogP contribution in [-0.4, -0.2) is 20.2 Å². The van der Waals surface area contributed by atoms with Crippen LogP contribution < -0.4 is 10.1 Å². The summed E-state index contributed by atoms with van der Waals surface area (Å²) in [6.45, 7) is 1.69. The molecule has 0 radical (unpaired) electrons. The van der Waals surface area contributed by atoms with Gasteiger partial charge in [0.1, 0.15) is 5.75 Å². The van der Waals surface area contributed by atoms with Crippen molar-refractivity contribution in [2.45, 2.75) is 18.0 Å². The van der Waals surface area contributed by atoms with Crippen molar-refractivity contribution in [1.82, 2.24) is 5.32 Å². The number of piperidine rings is 1. The first-order valence-corrected chi connectivity index (χ1v) is 5.94. The van der Waals surface area contributed by atoms with Gasteiger partial charge in [-0.05, 0) is 36.6 Å². The zero-order valence-corrected chi connectivity index (χ0v) is 9.97.